The van der Waals surface area contributed by atoms with Crippen LogP contribution in [0.3, 0.4) is 0 Å². The molecule has 9 nitrogen and oxygen atoms in total. The Labute approximate surface area is 204 Å². The first-order valence-corrected chi connectivity index (χ1v) is 11.6. The van der Waals surface area contributed by atoms with Crippen molar-refractivity contribution < 1.29 is 23.9 Å². The Kier molecular flexibility index (Phi) is 6.51. The Bertz CT molecular complexity index is 1260. The van der Waals surface area contributed by atoms with Crippen molar-refractivity contribution in [1.29, 1.82) is 0 Å². The average Bonchev–Trinajstić information content (AvgIpc) is 3.21. The van der Waals surface area contributed by atoms with Crippen LogP contribution in [0.25, 0.3) is 11.0 Å². The molecule has 2 aromatic carbocycles. The van der Waals surface area contributed by atoms with Gasteiger partial charge in [-0.2, -0.15) is 0 Å². The van der Waals surface area contributed by atoms with Gasteiger partial charge in [0.2, 0.25) is 5.91 Å². The topological polar surface area (TPSA) is 103 Å². The molecular weight excluding hydrogens is 448 g/mol. The van der Waals surface area contributed by atoms with E-state index in [2.05, 4.69) is 10.3 Å². The Morgan fingerprint density at radius 1 is 1.11 bits per heavy atom. The third kappa shape index (κ3) is 5.13. The van der Waals surface area contributed by atoms with Crippen LogP contribution in [0.5, 0.6) is 0 Å². The van der Waals surface area contributed by atoms with Crippen molar-refractivity contribution >= 4 is 34.8 Å². The van der Waals surface area contributed by atoms with E-state index >= 15 is 0 Å². The fourth-order valence-electron chi connectivity index (χ4n) is 4.44. The lowest BCUT2D eigenvalue weighted by atomic mass is 9.90. The van der Waals surface area contributed by atoms with E-state index in [1.54, 1.807) is 37.8 Å². The first kappa shape index (κ1) is 24.3. The molecule has 3 aromatic rings. The van der Waals surface area contributed by atoms with E-state index in [0.717, 1.165) is 5.56 Å². The highest BCUT2D eigenvalue weighted by molar-refractivity contribution is 6.00. The quantitative estimate of drug-likeness (QED) is 0.572. The van der Waals surface area contributed by atoms with Gasteiger partial charge in [0.15, 0.2) is 0 Å². The maximum absolute atomic E-state index is 13.0. The lowest BCUT2D eigenvalue weighted by molar-refractivity contribution is -0.117. The zero-order valence-corrected chi connectivity index (χ0v) is 20.6. The standard InChI is InChI=1S/C26H30N4O5/c1-16-13-20(28-24(32)34-14-18-9-7-6-8-10-18)22-21(30(16)17(2)31)12-11-19-23(22)29(15-27-19)25(33)35-26(3,4)5/h6-12,15-16,20H,13-14H2,1-5H3,(H,28,32)/t16-,20+/m0/s1. The monoisotopic (exact) mass is 478 g/mol. The number of fused-ring (bicyclic) bond motifs is 3. The van der Waals surface area contributed by atoms with Crippen LogP contribution in [0.4, 0.5) is 15.3 Å². The minimum absolute atomic E-state index is 0.126. The van der Waals surface area contributed by atoms with Gasteiger partial charge in [-0.05, 0) is 51.8 Å². The van der Waals surface area contributed by atoms with Crippen LogP contribution >= 0.6 is 0 Å². The lowest BCUT2D eigenvalue weighted by Crippen LogP contribution is -2.45. The van der Waals surface area contributed by atoms with Gasteiger partial charge in [0.05, 0.1) is 22.8 Å². The van der Waals surface area contributed by atoms with Crippen molar-refractivity contribution in [3.05, 3.63) is 59.9 Å². The normalized spacial score (nSPS) is 17.6. The molecule has 2 heterocycles. The number of alkyl carbamates (subject to hydrolysis) is 1. The molecule has 35 heavy (non-hydrogen) atoms. The molecule has 1 aliphatic rings. The van der Waals surface area contributed by atoms with Gasteiger partial charge in [0.25, 0.3) is 0 Å². The minimum Gasteiger partial charge on any atom is -0.445 e. The molecule has 0 bridgehead atoms. The molecule has 2 atom stereocenters. The largest absolute Gasteiger partial charge is 0.445 e. The Hall–Kier alpha value is -3.88. The SMILES string of the molecule is CC(=O)N1c2ccc3ncn(C(=O)OC(C)(C)C)c3c2[C@H](NC(=O)OCc2ccccc2)C[C@@H]1C. The van der Waals surface area contributed by atoms with Crippen molar-refractivity contribution in [2.24, 2.45) is 0 Å². The molecule has 0 fully saturated rings. The number of benzene rings is 2. The molecule has 184 valence electrons. The average molecular weight is 479 g/mol. The van der Waals surface area contributed by atoms with Gasteiger partial charge in [-0.3, -0.25) is 4.79 Å². The molecule has 9 heteroatoms. The zero-order chi connectivity index (χ0) is 25.3. The summed E-state index contributed by atoms with van der Waals surface area (Å²) >= 11 is 0. The van der Waals surface area contributed by atoms with E-state index in [0.29, 0.717) is 28.7 Å². The number of rotatable bonds is 3. The molecule has 4 rings (SSSR count). The highest BCUT2D eigenvalue weighted by Crippen LogP contribution is 2.41. The molecule has 1 aromatic heterocycles. The van der Waals surface area contributed by atoms with E-state index in [9.17, 15) is 14.4 Å². The molecule has 1 aliphatic heterocycles. The molecule has 0 spiro atoms. The number of anilines is 1. The molecule has 1 N–H and O–H groups in total. The Morgan fingerprint density at radius 2 is 1.83 bits per heavy atom. The summed E-state index contributed by atoms with van der Waals surface area (Å²) in [7, 11) is 0. The second-order valence-electron chi connectivity index (χ2n) is 9.69. The molecule has 0 unspecified atom stereocenters. The van der Waals surface area contributed by atoms with Crippen molar-refractivity contribution in [3.63, 3.8) is 0 Å². The number of carbonyl (C=O) groups is 3. The van der Waals surface area contributed by atoms with Gasteiger partial charge in [-0.25, -0.2) is 19.1 Å². The second-order valence-corrected chi connectivity index (χ2v) is 9.69. The lowest BCUT2D eigenvalue weighted by Gasteiger charge is -2.39. The van der Waals surface area contributed by atoms with E-state index in [-0.39, 0.29) is 18.6 Å². The number of hydrogen-bond donors (Lipinski definition) is 1. The number of aromatic nitrogens is 2. The maximum Gasteiger partial charge on any atom is 0.420 e. The van der Waals surface area contributed by atoms with E-state index in [1.807, 2.05) is 37.3 Å². The predicted octanol–water partition coefficient (Wildman–Crippen LogP) is 4.93. The summed E-state index contributed by atoms with van der Waals surface area (Å²) in [6, 6.07) is 12.2. The van der Waals surface area contributed by atoms with Crippen LogP contribution in [0.1, 0.15) is 58.2 Å². The fraction of sp³-hybridized carbons (Fsp3) is 0.385. The summed E-state index contributed by atoms with van der Waals surface area (Å²) in [5.74, 6) is -0.133. The molecule has 0 radical (unpaired) electrons. The van der Waals surface area contributed by atoms with Crippen molar-refractivity contribution in [3.8, 4) is 0 Å². The predicted molar refractivity (Wildman–Crippen MR) is 131 cm³/mol. The Morgan fingerprint density at radius 3 is 2.49 bits per heavy atom. The van der Waals surface area contributed by atoms with Crippen molar-refractivity contribution in [2.45, 2.75) is 65.3 Å². The van der Waals surface area contributed by atoms with Gasteiger partial charge in [0, 0.05) is 18.5 Å². The minimum atomic E-state index is -0.707. The number of hydrogen-bond acceptors (Lipinski definition) is 6. The highest BCUT2D eigenvalue weighted by Gasteiger charge is 2.36. The number of nitrogens with one attached hydrogen (secondary N) is 1. The summed E-state index contributed by atoms with van der Waals surface area (Å²) in [4.78, 5) is 44.4. The molecule has 0 saturated heterocycles. The van der Waals surface area contributed by atoms with Crippen LogP contribution in [-0.2, 0) is 20.9 Å². The number of ether oxygens (including phenoxy) is 2. The summed E-state index contributed by atoms with van der Waals surface area (Å²) < 4.78 is 12.4. The number of carbonyl (C=O) groups excluding carboxylic acids is 3. The summed E-state index contributed by atoms with van der Waals surface area (Å²) in [5, 5.41) is 2.94. The van der Waals surface area contributed by atoms with Crippen LogP contribution in [-0.4, -0.2) is 39.3 Å². The van der Waals surface area contributed by atoms with Gasteiger partial charge in [-0.15, -0.1) is 0 Å². The van der Waals surface area contributed by atoms with Gasteiger partial charge >= 0.3 is 12.2 Å². The zero-order valence-electron chi connectivity index (χ0n) is 20.6. The van der Waals surface area contributed by atoms with Crippen LogP contribution in [0.2, 0.25) is 0 Å². The van der Waals surface area contributed by atoms with Crippen LogP contribution in [0.15, 0.2) is 48.8 Å². The molecule has 0 aliphatic carbocycles. The number of amides is 2. The van der Waals surface area contributed by atoms with Crippen LogP contribution in [0, 0.1) is 0 Å². The van der Waals surface area contributed by atoms with E-state index < -0.39 is 23.8 Å². The first-order chi connectivity index (χ1) is 16.5. The van der Waals surface area contributed by atoms with Gasteiger partial charge in [0.1, 0.15) is 18.5 Å². The molecule has 0 saturated carbocycles. The smallest absolute Gasteiger partial charge is 0.420 e. The fourth-order valence-corrected chi connectivity index (χ4v) is 4.44. The third-order valence-corrected chi connectivity index (χ3v) is 5.79. The molecular formula is C26H30N4O5. The number of nitrogens with zero attached hydrogens (tertiary/aromatic N) is 3. The summed E-state index contributed by atoms with van der Waals surface area (Å²) in [5.41, 5.74) is 2.44. The summed E-state index contributed by atoms with van der Waals surface area (Å²) in [6.45, 7) is 8.89. The van der Waals surface area contributed by atoms with Crippen LogP contribution < -0.4 is 10.2 Å². The van der Waals surface area contributed by atoms with Gasteiger partial charge in [-0.1, -0.05) is 30.3 Å². The first-order valence-electron chi connectivity index (χ1n) is 11.6. The third-order valence-electron chi connectivity index (χ3n) is 5.79. The Balaban J connectivity index is 1.73. The molecule has 2 amide bonds. The number of imidazole rings is 1. The maximum atomic E-state index is 13.0. The van der Waals surface area contributed by atoms with E-state index in [4.69, 9.17) is 9.47 Å². The summed E-state index contributed by atoms with van der Waals surface area (Å²) in [6.07, 6.45) is 0.659. The van der Waals surface area contributed by atoms with Gasteiger partial charge < -0.3 is 19.7 Å². The van der Waals surface area contributed by atoms with Crippen molar-refractivity contribution in [1.82, 2.24) is 14.9 Å². The second kappa shape index (κ2) is 9.40. The van der Waals surface area contributed by atoms with E-state index in [1.165, 1.54) is 17.8 Å². The van der Waals surface area contributed by atoms with Crippen molar-refractivity contribution in [2.75, 3.05) is 4.90 Å². The highest BCUT2D eigenvalue weighted by atomic mass is 16.6.